The molecule has 0 aromatic heterocycles. The van der Waals surface area contributed by atoms with Gasteiger partial charge in [-0.25, -0.2) is 0 Å². The van der Waals surface area contributed by atoms with E-state index >= 15 is 0 Å². The predicted octanol–water partition coefficient (Wildman–Crippen LogP) is 2.48. The van der Waals surface area contributed by atoms with E-state index in [-0.39, 0.29) is 6.61 Å². The number of rotatable bonds is 5. The van der Waals surface area contributed by atoms with Crippen molar-refractivity contribution < 1.29 is 9.84 Å². The summed E-state index contributed by atoms with van der Waals surface area (Å²) < 4.78 is 5.64. The predicted molar refractivity (Wildman–Crippen MR) is 62.2 cm³/mol. The molecule has 1 aromatic carbocycles. The van der Waals surface area contributed by atoms with Crippen LogP contribution in [0.15, 0.2) is 12.1 Å². The van der Waals surface area contributed by atoms with Crippen LogP contribution < -0.4 is 4.74 Å². The molecule has 0 bridgehead atoms. The van der Waals surface area contributed by atoms with Crippen molar-refractivity contribution >= 4 is 0 Å². The standard InChI is InChI=1S/C13H17NO2/c1-10-7-12(9-15)8-11(2)13(10)16-6-4-3-5-14/h7-8,15H,3-4,6,9H2,1-2H3. The number of aryl methyl sites for hydroxylation is 2. The maximum Gasteiger partial charge on any atom is 0.125 e. The number of hydrogen-bond donors (Lipinski definition) is 1. The molecule has 0 unspecified atom stereocenters. The first-order valence-corrected chi connectivity index (χ1v) is 5.39. The van der Waals surface area contributed by atoms with Gasteiger partial charge in [0.1, 0.15) is 5.75 Å². The van der Waals surface area contributed by atoms with Gasteiger partial charge in [-0.2, -0.15) is 5.26 Å². The van der Waals surface area contributed by atoms with Gasteiger partial charge in [-0.05, 0) is 37.0 Å². The lowest BCUT2D eigenvalue weighted by Crippen LogP contribution is -2.01. The summed E-state index contributed by atoms with van der Waals surface area (Å²) in [6.45, 7) is 4.54. The Balaban J connectivity index is 2.69. The van der Waals surface area contributed by atoms with Crippen LogP contribution >= 0.6 is 0 Å². The fraction of sp³-hybridized carbons (Fsp3) is 0.462. The van der Waals surface area contributed by atoms with Gasteiger partial charge in [0, 0.05) is 6.42 Å². The smallest absolute Gasteiger partial charge is 0.125 e. The van der Waals surface area contributed by atoms with E-state index in [2.05, 4.69) is 6.07 Å². The molecule has 1 rings (SSSR count). The van der Waals surface area contributed by atoms with E-state index in [4.69, 9.17) is 15.1 Å². The molecule has 0 amide bonds. The van der Waals surface area contributed by atoms with E-state index < -0.39 is 0 Å². The summed E-state index contributed by atoms with van der Waals surface area (Å²) in [6, 6.07) is 5.93. The third-order valence-electron chi connectivity index (χ3n) is 2.38. The number of aliphatic hydroxyl groups is 1. The molecule has 0 spiro atoms. The molecular formula is C13H17NO2. The van der Waals surface area contributed by atoms with E-state index in [9.17, 15) is 0 Å². The van der Waals surface area contributed by atoms with Crippen molar-refractivity contribution in [2.24, 2.45) is 0 Å². The minimum Gasteiger partial charge on any atom is -0.493 e. The molecule has 1 aromatic rings. The maximum atomic E-state index is 9.05. The van der Waals surface area contributed by atoms with Gasteiger partial charge in [0.05, 0.1) is 19.3 Å². The summed E-state index contributed by atoms with van der Waals surface area (Å²) in [6.07, 6.45) is 1.27. The molecule has 0 heterocycles. The Morgan fingerprint density at radius 3 is 2.44 bits per heavy atom. The van der Waals surface area contributed by atoms with Crippen molar-refractivity contribution in [1.82, 2.24) is 0 Å². The SMILES string of the molecule is Cc1cc(CO)cc(C)c1OCCCC#N. The van der Waals surface area contributed by atoms with Crippen LogP contribution in [0.2, 0.25) is 0 Å². The number of nitriles is 1. The fourth-order valence-electron chi connectivity index (χ4n) is 1.68. The highest BCUT2D eigenvalue weighted by atomic mass is 16.5. The second-order valence-electron chi connectivity index (χ2n) is 3.83. The summed E-state index contributed by atoms with van der Waals surface area (Å²) in [5.74, 6) is 0.870. The van der Waals surface area contributed by atoms with Crippen LogP contribution in [0, 0.1) is 25.2 Å². The monoisotopic (exact) mass is 219 g/mol. The Morgan fingerprint density at radius 2 is 1.94 bits per heavy atom. The maximum absolute atomic E-state index is 9.05. The molecule has 0 aliphatic carbocycles. The Kier molecular flexibility index (Phi) is 4.81. The van der Waals surface area contributed by atoms with Gasteiger partial charge in [0.15, 0.2) is 0 Å². The molecule has 0 fully saturated rings. The summed E-state index contributed by atoms with van der Waals surface area (Å²) in [7, 11) is 0. The van der Waals surface area contributed by atoms with Crippen LogP contribution in [-0.2, 0) is 6.61 Å². The van der Waals surface area contributed by atoms with E-state index in [0.717, 1.165) is 28.9 Å². The molecule has 0 saturated carbocycles. The lowest BCUT2D eigenvalue weighted by Gasteiger charge is -2.12. The van der Waals surface area contributed by atoms with Crippen molar-refractivity contribution in [2.45, 2.75) is 33.3 Å². The fourth-order valence-corrected chi connectivity index (χ4v) is 1.68. The number of nitrogens with zero attached hydrogens (tertiary/aromatic N) is 1. The first-order valence-electron chi connectivity index (χ1n) is 5.39. The lowest BCUT2D eigenvalue weighted by atomic mass is 10.1. The van der Waals surface area contributed by atoms with Crippen molar-refractivity contribution in [2.75, 3.05) is 6.61 Å². The Hall–Kier alpha value is -1.53. The van der Waals surface area contributed by atoms with Gasteiger partial charge in [-0.3, -0.25) is 0 Å². The second kappa shape index (κ2) is 6.14. The average Bonchev–Trinajstić information content (AvgIpc) is 2.26. The van der Waals surface area contributed by atoms with Gasteiger partial charge in [0.25, 0.3) is 0 Å². The molecule has 0 aliphatic rings. The number of aliphatic hydroxyl groups excluding tert-OH is 1. The van der Waals surface area contributed by atoms with Crippen molar-refractivity contribution in [3.63, 3.8) is 0 Å². The van der Waals surface area contributed by atoms with Crippen LogP contribution in [0.25, 0.3) is 0 Å². The van der Waals surface area contributed by atoms with E-state index in [0.29, 0.717) is 13.0 Å². The highest BCUT2D eigenvalue weighted by molar-refractivity contribution is 5.43. The van der Waals surface area contributed by atoms with Crippen molar-refractivity contribution in [1.29, 1.82) is 5.26 Å². The van der Waals surface area contributed by atoms with Crippen LogP contribution in [0.3, 0.4) is 0 Å². The highest BCUT2D eigenvalue weighted by Gasteiger charge is 2.05. The van der Waals surface area contributed by atoms with Crippen LogP contribution in [0.1, 0.15) is 29.5 Å². The molecule has 16 heavy (non-hydrogen) atoms. The molecule has 0 atom stereocenters. The van der Waals surface area contributed by atoms with E-state index in [1.165, 1.54) is 0 Å². The van der Waals surface area contributed by atoms with Gasteiger partial charge >= 0.3 is 0 Å². The number of unbranched alkanes of at least 4 members (excludes halogenated alkanes) is 1. The summed E-state index contributed by atoms with van der Waals surface area (Å²) in [5.41, 5.74) is 2.96. The Labute approximate surface area is 96.3 Å². The minimum atomic E-state index is 0.0520. The van der Waals surface area contributed by atoms with Crippen LogP contribution in [0.4, 0.5) is 0 Å². The number of benzene rings is 1. The molecule has 0 radical (unpaired) electrons. The molecule has 3 nitrogen and oxygen atoms in total. The number of hydrogen-bond acceptors (Lipinski definition) is 3. The molecule has 3 heteroatoms. The van der Waals surface area contributed by atoms with Crippen molar-refractivity contribution in [3.8, 4) is 11.8 Å². The van der Waals surface area contributed by atoms with Crippen LogP contribution in [-0.4, -0.2) is 11.7 Å². The lowest BCUT2D eigenvalue weighted by molar-refractivity contribution is 0.280. The zero-order valence-corrected chi connectivity index (χ0v) is 9.79. The second-order valence-corrected chi connectivity index (χ2v) is 3.83. The molecule has 1 N–H and O–H groups in total. The average molecular weight is 219 g/mol. The Bertz CT molecular complexity index is 370. The molecule has 0 aliphatic heterocycles. The molecule has 86 valence electrons. The molecular weight excluding hydrogens is 202 g/mol. The highest BCUT2D eigenvalue weighted by Crippen LogP contribution is 2.25. The van der Waals surface area contributed by atoms with E-state index in [1.54, 1.807) is 0 Å². The van der Waals surface area contributed by atoms with Gasteiger partial charge in [-0.15, -0.1) is 0 Å². The zero-order valence-electron chi connectivity index (χ0n) is 9.79. The van der Waals surface area contributed by atoms with Crippen molar-refractivity contribution in [3.05, 3.63) is 28.8 Å². The molecule has 0 saturated heterocycles. The first kappa shape index (κ1) is 12.5. The summed E-state index contributed by atoms with van der Waals surface area (Å²) in [5, 5.41) is 17.5. The van der Waals surface area contributed by atoms with Crippen LogP contribution in [0.5, 0.6) is 5.75 Å². The summed E-state index contributed by atoms with van der Waals surface area (Å²) in [4.78, 5) is 0. The first-order chi connectivity index (χ1) is 7.69. The topological polar surface area (TPSA) is 53.2 Å². The Morgan fingerprint density at radius 1 is 1.31 bits per heavy atom. The third kappa shape index (κ3) is 3.25. The third-order valence-corrected chi connectivity index (χ3v) is 2.38. The largest absolute Gasteiger partial charge is 0.493 e. The quantitative estimate of drug-likeness (QED) is 0.774. The van der Waals surface area contributed by atoms with Gasteiger partial charge in [0.2, 0.25) is 0 Å². The van der Waals surface area contributed by atoms with Gasteiger partial charge < -0.3 is 9.84 Å². The number of ether oxygens (including phenoxy) is 1. The van der Waals surface area contributed by atoms with E-state index in [1.807, 2.05) is 26.0 Å². The zero-order chi connectivity index (χ0) is 12.0. The normalized spacial score (nSPS) is 9.88. The summed E-state index contributed by atoms with van der Waals surface area (Å²) >= 11 is 0. The minimum absolute atomic E-state index is 0.0520. The van der Waals surface area contributed by atoms with Gasteiger partial charge in [-0.1, -0.05) is 12.1 Å².